The molecular weight excluding hydrogens is 448 g/mol. The Morgan fingerprint density at radius 3 is 2.60 bits per heavy atom. The molecule has 0 atom stereocenters. The van der Waals surface area contributed by atoms with Gasteiger partial charge in [-0.1, -0.05) is 6.07 Å². The molecule has 0 spiro atoms. The number of hydrazine groups is 1. The number of carbonyl (C=O) groups is 2. The number of nitrogens with one attached hydrogen (secondary N) is 2. The first-order valence-corrected chi connectivity index (χ1v) is 10.7. The third kappa shape index (κ3) is 6.51. The Labute approximate surface area is 203 Å². The summed E-state index contributed by atoms with van der Waals surface area (Å²) in [5, 5.41) is 15.1. The number of aromatic nitrogens is 3. The van der Waals surface area contributed by atoms with E-state index in [4.69, 9.17) is 11.6 Å². The average Bonchev–Trinajstić information content (AvgIpc) is 2.85. The molecule has 0 aliphatic heterocycles. The summed E-state index contributed by atoms with van der Waals surface area (Å²) in [6.45, 7) is 5.69. The van der Waals surface area contributed by atoms with Crippen LogP contribution in [0.25, 0.3) is 22.4 Å². The third-order valence-electron chi connectivity index (χ3n) is 5.08. The predicted molar refractivity (Wildman–Crippen MR) is 134 cm³/mol. The lowest BCUT2D eigenvalue weighted by molar-refractivity contribution is -0.113. The number of nitrogens with zero attached hydrogens (tertiary/aromatic N) is 4. The molecular formula is C24H28N8O3. The highest BCUT2D eigenvalue weighted by molar-refractivity contribution is 6.03. The van der Waals surface area contributed by atoms with Gasteiger partial charge in [-0.05, 0) is 62.2 Å². The summed E-state index contributed by atoms with van der Waals surface area (Å²) in [5.41, 5.74) is 10.3. The monoisotopic (exact) mass is 476 g/mol. The molecule has 0 radical (unpaired) electrons. The van der Waals surface area contributed by atoms with Crippen LogP contribution in [0, 0.1) is 6.92 Å². The molecule has 2 amide bonds. The van der Waals surface area contributed by atoms with Crippen LogP contribution in [-0.4, -0.2) is 45.3 Å². The molecule has 182 valence electrons. The lowest BCUT2D eigenvalue weighted by Gasteiger charge is -2.19. The second-order valence-corrected chi connectivity index (χ2v) is 7.99. The van der Waals surface area contributed by atoms with Crippen LogP contribution >= 0.6 is 0 Å². The quantitative estimate of drug-likeness (QED) is 0.228. The number of rotatable bonds is 7. The van der Waals surface area contributed by atoms with Crippen molar-refractivity contribution in [2.24, 2.45) is 11.6 Å². The number of aryl methyl sites for hydroxylation is 1. The number of ether oxygens (including phenoxy) is 1. The Kier molecular flexibility index (Phi) is 7.95. The van der Waals surface area contributed by atoms with Crippen LogP contribution in [0.5, 0.6) is 0 Å². The molecule has 11 nitrogen and oxygen atoms in total. The molecule has 0 unspecified atom stereocenters. The average molecular weight is 477 g/mol. The number of anilines is 2. The smallest absolute Gasteiger partial charge is 0.412 e. The maximum absolute atomic E-state index is 12.5. The molecule has 0 saturated carbocycles. The predicted octanol–water partition coefficient (Wildman–Crippen LogP) is 3.02. The van der Waals surface area contributed by atoms with E-state index in [1.165, 1.54) is 18.3 Å². The molecule has 0 aliphatic rings. The summed E-state index contributed by atoms with van der Waals surface area (Å²) in [4.78, 5) is 28.1. The standard InChI is InChI=1S/C24H28N8O3/c1-14(2)32(26)13-20(25)23(33)29-18-6-5-15(3)19(11-18)21-9-17(12-28-31-21)16-7-8-27-22(10-16)30-24(34)35-4/h5-14H,25-26H2,1-4H3,(H,29,33)(H,27,30,34)/b20-13-. The van der Waals surface area contributed by atoms with E-state index in [1.807, 2.05) is 32.9 Å². The molecule has 0 fully saturated rings. The summed E-state index contributed by atoms with van der Waals surface area (Å²) in [6, 6.07) is 10.8. The molecule has 11 heteroatoms. The maximum atomic E-state index is 12.5. The first-order chi connectivity index (χ1) is 16.7. The van der Waals surface area contributed by atoms with Crippen molar-refractivity contribution in [1.29, 1.82) is 0 Å². The minimum atomic E-state index is -0.614. The van der Waals surface area contributed by atoms with E-state index in [0.717, 1.165) is 22.3 Å². The summed E-state index contributed by atoms with van der Waals surface area (Å²) >= 11 is 0. The molecule has 0 bridgehead atoms. The van der Waals surface area contributed by atoms with Crippen LogP contribution in [0.15, 0.2) is 60.7 Å². The number of nitrogens with two attached hydrogens (primary N) is 2. The number of hydrogen-bond donors (Lipinski definition) is 4. The van der Waals surface area contributed by atoms with Crippen LogP contribution in [0.1, 0.15) is 19.4 Å². The van der Waals surface area contributed by atoms with Crippen LogP contribution < -0.4 is 22.2 Å². The normalized spacial score (nSPS) is 11.2. The van der Waals surface area contributed by atoms with Crippen molar-refractivity contribution in [3.05, 3.63) is 66.3 Å². The van der Waals surface area contributed by atoms with Gasteiger partial charge in [0.1, 0.15) is 11.5 Å². The lowest BCUT2D eigenvalue weighted by atomic mass is 10.0. The zero-order chi connectivity index (χ0) is 25.5. The zero-order valence-corrected chi connectivity index (χ0v) is 19.9. The van der Waals surface area contributed by atoms with Gasteiger partial charge in [-0.2, -0.15) is 10.2 Å². The molecule has 6 N–H and O–H groups in total. The van der Waals surface area contributed by atoms with Gasteiger partial charge in [0.25, 0.3) is 5.91 Å². The van der Waals surface area contributed by atoms with E-state index < -0.39 is 12.0 Å². The van der Waals surface area contributed by atoms with Gasteiger partial charge in [0, 0.05) is 35.3 Å². The summed E-state index contributed by atoms with van der Waals surface area (Å²) in [5.74, 6) is 5.69. The summed E-state index contributed by atoms with van der Waals surface area (Å²) in [6.07, 6.45) is 3.96. The van der Waals surface area contributed by atoms with Crippen molar-refractivity contribution in [2.45, 2.75) is 26.8 Å². The molecule has 3 rings (SSSR count). The second-order valence-electron chi connectivity index (χ2n) is 7.99. The lowest BCUT2D eigenvalue weighted by Crippen LogP contribution is -2.34. The van der Waals surface area contributed by atoms with Gasteiger partial charge in [0.05, 0.1) is 19.0 Å². The van der Waals surface area contributed by atoms with Crippen molar-refractivity contribution in [2.75, 3.05) is 17.7 Å². The van der Waals surface area contributed by atoms with Crippen molar-refractivity contribution in [3.63, 3.8) is 0 Å². The minimum absolute atomic E-state index is 0.00842. The molecule has 1 aromatic carbocycles. The van der Waals surface area contributed by atoms with Gasteiger partial charge in [-0.3, -0.25) is 10.1 Å². The van der Waals surface area contributed by atoms with E-state index in [9.17, 15) is 9.59 Å². The Hall–Kier alpha value is -4.51. The topological polar surface area (TPSA) is 161 Å². The van der Waals surface area contributed by atoms with Gasteiger partial charge in [0.2, 0.25) is 0 Å². The summed E-state index contributed by atoms with van der Waals surface area (Å²) in [7, 11) is 1.28. The number of methoxy groups -OCH3 is 1. The van der Waals surface area contributed by atoms with Crippen molar-refractivity contribution >= 4 is 23.5 Å². The molecule has 3 aromatic rings. The van der Waals surface area contributed by atoms with E-state index >= 15 is 0 Å². The highest BCUT2D eigenvalue weighted by Gasteiger charge is 2.13. The largest absolute Gasteiger partial charge is 0.453 e. The number of carbonyl (C=O) groups excluding carboxylic acids is 2. The molecule has 0 aliphatic carbocycles. The van der Waals surface area contributed by atoms with E-state index in [2.05, 4.69) is 30.6 Å². The Morgan fingerprint density at radius 2 is 1.89 bits per heavy atom. The number of pyridine rings is 1. The SMILES string of the molecule is COC(=O)Nc1cc(-c2cnnc(-c3cc(NC(=O)/C(N)=C/N(N)C(C)C)ccc3C)c2)ccn1. The van der Waals surface area contributed by atoms with Gasteiger partial charge in [0.15, 0.2) is 0 Å². The fraction of sp³-hybridized carbons (Fsp3) is 0.208. The number of amides is 2. The second kappa shape index (κ2) is 11.1. The minimum Gasteiger partial charge on any atom is -0.453 e. The van der Waals surface area contributed by atoms with Crippen molar-refractivity contribution in [3.8, 4) is 22.4 Å². The number of hydrogen-bond acceptors (Lipinski definition) is 9. The Balaban J connectivity index is 1.87. The molecule has 2 aromatic heterocycles. The Morgan fingerprint density at radius 1 is 1.11 bits per heavy atom. The highest BCUT2D eigenvalue weighted by atomic mass is 16.5. The zero-order valence-electron chi connectivity index (χ0n) is 19.9. The summed E-state index contributed by atoms with van der Waals surface area (Å²) < 4.78 is 4.61. The Bertz CT molecular complexity index is 1260. The van der Waals surface area contributed by atoms with Gasteiger partial charge >= 0.3 is 6.09 Å². The van der Waals surface area contributed by atoms with E-state index in [0.29, 0.717) is 17.2 Å². The first-order valence-electron chi connectivity index (χ1n) is 10.7. The highest BCUT2D eigenvalue weighted by Crippen LogP contribution is 2.29. The number of benzene rings is 1. The van der Waals surface area contributed by atoms with E-state index in [1.54, 1.807) is 36.7 Å². The third-order valence-corrected chi connectivity index (χ3v) is 5.08. The fourth-order valence-corrected chi connectivity index (χ4v) is 3.04. The fourth-order valence-electron chi connectivity index (χ4n) is 3.04. The molecule has 35 heavy (non-hydrogen) atoms. The van der Waals surface area contributed by atoms with Gasteiger partial charge < -0.3 is 20.8 Å². The molecule has 0 saturated heterocycles. The van der Waals surface area contributed by atoms with Gasteiger partial charge in [-0.15, -0.1) is 0 Å². The van der Waals surface area contributed by atoms with Crippen molar-refractivity contribution < 1.29 is 14.3 Å². The maximum Gasteiger partial charge on any atom is 0.412 e. The van der Waals surface area contributed by atoms with E-state index in [-0.39, 0.29) is 11.7 Å². The van der Waals surface area contributed by atoms with Crippen LogP contribution in [-0.2, 0) is 9.53 Å². The van der Waals surface area contributed by atoms with Gasteiger partial charge in [-0.25, -0.2) is 15.6 Å². The van der Waals surface area contributed by atoms with Crippen LogP contribution in [0.4, 0.5) is 16.3 Å². The van der Waals surface area contributed by atoms with Crippen LogP contribution in [0.2, 0.25) is 0 Å². The van der Waals surface area contributed by atoms with Crippen molar-refractivity contribution in [1.82, 2.24) is 20.2 Å². The first kappa shape index (κ1) is 25.1. The molecule has 2 heterocycles. The van der Waals surface area contributed by atoms with Crippen LogP contribution in [0.3, 0.4) is 0 Å².